The highest BCUT2D eigenvalue weighted by molar-refractivity contribution is 6.32. The number of ether oxygens (including phenoxy) is 1. The first kappa shape index (κ1) is 22.3. The largest absolute Gasteiger partial charge is 0.482 e. The predicted octanol–water partition coefficient (Wildman–Crippen LogP) is 3.92. The van der Waals surface area contributed by atoms with Crippen molar-refractivity contribution >= 4 is 40.0 Å². The minimum atomic E-state index is -0.257. The zero-order valence-corrected chi connectivity index (χ0v) is 19.4. The van der Waals surface area contributed by atoms with Gasteiger partial charge in [0.15, 0.2) is 6.61 Å². The average Bonchev–Trinajstić information content (AvgIpc) is 2.79. The lowest BCUT2D eigenvalue weighted by Gasteiger charge is -2.32. The van der Waals surface area contributed by atoms with Gasteiger partial charge in [0.05, 0.1) is 16.2 Å². The fourth-order valence-corrected chi connectivity index (χ4v) is 3.97. The monoisotopic (exact) mass is 453 g/mol. The number of amides is 1. The number of aromatic nitrogens is 2. The molecule has 1 aliphatic rings. The summed E-state index contributed by atoms with van der Waals surface area (Å²) < 4.78 is 5.59. The van der Waals surface area contributed by atoms with Crippen LogP contribution in [0.15, 0.2) is 36.4 Å². The summed E-state index contributed by atoms with van der Waals surface area (Å²) in [7, 11) is 2.13. The molecule has 7 nitrogen and oxygen atoms in total. The molecule has 168 valence electrons. The molecule has 0 atom stereocenters. The molecule has 1 aromatic heterocycles. The van der Waals surface area contributed by atoms with E-state index in [1.54, 1.807) is 6.07 Å². The average molecular weight is 454 g/mol. The predicted molar refractivity (Wildman–Crippen MR) is 129 cm³/mol. The van der Waals surface area contributed by atoms with Gasteiger partial charge in [0, 0.05) is 37.3 Å². The lowest BCUT2D eigenvalue weighted by molar-refractivity contribution is -0.118. The Morgan fingerprint density at radius 3 is 2.62 bits per heavy atom. The number of hydrogen-bond acceptors (Lipinski definition) is 6. The molecule has 1 saturated heterocycles. The second kappa shape index (κ2) is 9.71. The van der Waals surface area contributed by atoms with Crippen molar-refractivity contribution < 1.29 is 9.53 Å². The Morgan fingerprint density at radius 2 is 1.91 bits per heavy atom. The van der Waals surface area contributed by atoms with Gasteiger partial charge in [0.2, 0.25) is 5.95 Å². The Hall–Kier alpha value is -2.90. The van der Waals surface area contributed by atoms with Crippen LogP contribution in [0, 0.1) is 6.92 Å². The molecule has 1 amide bonds. The van der Waals surface area contributed by atoms with Crippen molar-refractivity contribution in [2.24, 2.45) is 0 Å². The molecule has 0 bridgehead atoms. The highest BCUT2D eigenvalue weighted by atomic mass is 35.5. The van der Waals surface area contributed by atoms with Crippen LogP contribution in [0.4, 0.5) is 11.6 Å². The van der Waals surface area contributed by atoms with E-state index in [9.17, 15) is 4.79 Å². The molecule has 32 heavy (non-hydrogen) atoms. The Labute approximate surface area is 193 Å². The van der Waals surface area contributed by atoms with Crippen LogP contribution in [-0.2, 0) is 11.2 Å². The van der Waals surface area contributed by atoms with Gasteiger partial charge in [-0.2, -0.15) is 0 Å². The molecule has 1 aliphatic heterocycles. The molecule has 1 fully saturated rings. The van der Waals surface area contributed by atoms with Gasteiger partial charge in [0.25, 0.3) is 5.91 Å². The van der Waals surface area contributed by atoms with Crippen molar-refractivity contribution in [1.82, 2.24) is 14.9 Å². The minimum absolute atomic E-state index is 0.124. The molecule has 0 radical (unpaired) electrons. The number of halogens is 1. The molecule has 2 heterocycles. The van der Waals surface area contributed by atoms with Gasteiger partial charge in [-0.25, -0.2) is 9.97 Å². The van der Waals surface area contributed by atoms with Crippen LogP contribution in [0.5, 0.6) is 5.75 Å². The van der Waals surface area contributed by atoms with E-state index in [-0.39, 0.29) is 12.5 Å². The fourth-order valence-electron chi connectivity index (χ4n) is 3.71. The van der Waals surface area contributed by atoms with E-state index < -0.39 is 0 Å². The van der Waals surface area contributed by atoms with Crippen molar-refractivity contribution in [3.05, 3.63) is 52.7 Å². The normalized spacial score (nSPS) is 14.6. The van der Waals surface area contributed by atoms with Crippen LogP contribution in [0.2, 0.25) is 5.02 Å². The molecule has 3 aromatic rings. The van der Waals surface area contributed by atoms with Crippen molar-refractivity contribution in [1.29, 1.82) is 0 Å². The summed E-state index contributed by atoms with van der Waals surface area (Å²) in [6.45, 7) is 7.74. The summed E-state index contributed by atoms with van der Waals surface area (Å²) in [5.41, 5.74) is 3.55. The van der Waals surface area contributed by atoms with E-state index in [2.05, 4.69) is 29.1 Å². The molecule has 0 spiro atoms. The van der Waals surface area contributed by atoms with Gasteiger partial charge in [0.1, 0.15) is 5.75 Å². The number of fused-ring (bicyclic) bond motifs is 1. The van der Waals surface area contributed by atoms with Crippen LogP contribution < -0.4 is 15.0 Å². The van der Waals surface area contributed by atoms with Gasteiger partial charge in [-0.1, -0.05) is 24.6 Å². The van der Waals surface area contributed by atoms with Crippen LogP contribution in [-0.4, -0.2) is 60.6 Å². The zero-order valence-electron chi connectivity index (χ0n) is 18.7. The van der Waals surface area contributed by atoms with E-state index in [4.69, 9.17) is 26.3 Å². The third kappa shape index (κ3) is 5.11. The molecule has 8 heteroatoms. The SMILES string of the molecule is CCc1ccc(OCC(=O)Nc2ccc3nc(N4CCN(C)CC4)nc(C)c3c2)c(Cl)c1. The molecular formula is C24H28ClN5O2. The summed E-state index contributed by atoms with van der Waals surface area (Å²) in [5, 5.41) is 4.30. The maximum absolute atomic E-state index is 12.4. The number of aryl methyl sites for hydroxylation is 2. The first-order chi connectivity index (χ1) is 15.4. The number of piperazine rings is 1. The maximum Gasteiger partial charge on any atom is 0.262 e. The van der Waals surface area contributed by atoms with Crippen LogP contribution >= 0.6 is 11.6 Å². The Morgan fingerprint density at radius 1 is 1.12 bits per heavy atom. The number of anilines is 2. The number of carbonyl (C=O) groups is 1. The van der Waals surface area contributed by atoms with E-state index in [0.29, 0.717) is 16.5 Å². The van der Waals surface area contributed by atoms with Crippen molar-refractivity contribution in [2.75, 3.05) is 50.1 Å². The topological polar surface area (TPSA) is 70.6 Å². The summed E-state index contributed by atoms with van der Waals surface area (Å²) >= 11 is 6.23. The van der Waals surface area contributed by atoms with Crippen molar-refractivity contribution in [3.8, 4) is 5.75 Å². The van der Waals surface area contributed by atoms with Gasteiger partial charge in [-0.15, -0.1) is 0 Å². The van der Waals surface area contributed by atoms with Gasteiger partial charge >= 0.3 is 0 Å². The molecule has 0 unspecified atom stereocenters. The third-order valence-electron chi connectivity index (χ3n) is 5.71. The van der Waals surface area contributed by atoms with Crippen molar-refractivity contribution in [3.63, 3.8) is 0 Å². The molecular weight excluding hydrogens is 426 g/mol. The third-order valence-corrected chi connectivity index (χ3v) is 6.00. The second-order valence-electron chi connectivity index (χ2n) is 8.09. The summed E-state index contributed by atoms with van der Waals surface area (Å²) in [6, 6.07) is 11.3. The lowest BCUT2D eigenvalue weighted by Crippen LogP contribution is -2.45. The van der Waals surface area contributed by atoms with Crippen molar-refractivity contribution in [2.45, 2.75) is 20.3 Å². The van der Waals surface area contributed by atoms with Crippen LogP contribution in [0.25, 0.3) is 10.9 Å². The first-order valence-corrected chi connectivity index (χ1v) is 11.2. The molecule has 2 aromatic carbocycles. The quantitative estimate of drug-likeness (QED) is 0.610. The Bertz CT molecular complexity index is 1130. The minimum Gasteiger partial charge on any atom is -0.482 e. The zero-order chi connectivity index (χ0) is 22.7. The first-order valence-electron chi connectivity index (χ1n) is 10.9. The Kier molecular flexibility index (Phi) is 6.77. The summed E-state index contributed by atoms with van der Waals surface area (Å²) in [5.74, 6) is 1.00. The smallest absolute Gasteiger partial charge is 0.262 e. The second-order valence-corrected chi connectivity index (χ2v) is 8.49. The molecule has 1 N–H and O–H groups in total. The van der Waals surface area contributed by atoms with Gasteiger partial charge in [-0.3, -0.25) is 4.79 Å². The van der Waals surface area contributed by atoms with E-state index in [1.165, 1.54) is 0 Å². The van der Waals surface area contributed by atoms with E-state index in [0.717, 1.165) is 60.7 Å². The van der Waals surface area contributed by atoms with Gasteiger partial charge in [-0.05, 0) is 56.3 Å². The molecule has 0 aliphatic carbocycles. The lowest BCUT2D eigenvalue weighted by atomic mass is 10.1. The highest BCUT2D eigenvalue weighted by Crippen LogP contribution is 2.26. The summed E-state index contributed by atoms with van der Waals surface area (Å²) in [4.78, 5) is 26.4. The molecule has 0 saturated carbocycles. The van der Waals surface area contributed by atoms with Crippen LogP contribution in [0.3, 0.4) is 0 Å². The van der Waals surface area contributed by atoms with Crippen LogP contribution in [0.1, 0.15) is 18.2 Å². The molecule has 4 rings (SSSR count). The Balaban J connectivity index is 1.42. The number of nitrogens with one attached hydrogen (secondary N) is 1. The van der Waals surface area contributed by atoms with Gasteiger partial charge < -0.3 is 19.9 Å². The number of rotatable bonds is 6. The number of hydrogen-bond donors (Lipinski definition) is 1. The number of carbonyl (C=O) groups excluding carboxylic acids is 1. The van der Waals surface area contributed by atoms with E-state index in [1.807, 2.05) is 37.3 Å². The summed E-state index contributed by atoms with van der Waals surface area (Å²) in [6.07, 6.45) is 0.891. The standard InChI is InChI=1S/C24H28ClN5O2/c1-4-17-5-8-22(20(25)13-17)32-15-23(31)27-18-6-7-21-19(14-18)16(2)26-24(28-21)30-11-9-29(3)10-12-30/h5-8,13-14H,4,9-12,15H2,1-3H3,(H,27,31). The maximum atomic E-state index is 12.4. The van der Waals surface area contributed by atoms with E-state index >= 15 is 0 Å². The number of nitrogens with zero attached hydrogens (tertiary/aromatic N) is 4. The fraction of sp³-hybridized carbons (Fsp3) is 0.375. The number of likely N-dealkylation sites (N-methyl/N-ethyl adjacent to an activating group) is 1. The highest BCUT2D eigenvalue weighted by Gasteiger charge is 2.18. The number of benzene rings is 2.